The number of benzene rings is 1. The Morgan fingerprint density at radius 1 is 1.25 bits per heavy atom. The van der Waals surface area contributed by atoms with Crippen LogP contribution < -0.4 is 11.1 Å². The molecule has 1 spiro atoms. The lowest BCUT2D eigenvalue weighted by molar-refractivity contribution is -0.145. The van der Waals surface area contributed by atoms with Crippen molar-refractivity contribution >= 4 is 35.1 Å². The maximum absolute atomic E-state index is 13.3. The van der Waals surface area contributed by atoms with Crippen LogP contribution in [-0.4, -0.2) is 95.4 Å². The van der Waals surface area contributed by atoms with E-state index in [0.29, 0.717) is 19.5 Å². The number of aliphatic hydroxyl groups is 1. The molecule has 4 rings (SSSR count). The molecule has 2 aliphatic heterocycles. The largest absolute Gasteiger partial charge is 0.417 e. The number of hydrogen-bond acceptors (Lipinski definition) is 6. The monoisotopic (exact) mass is 589 g/mol. The SMILES string of the molecule is C[C@H]1C(=O)N([C@@H](CCC(=O)N2CCC3(CC3)[C@H](O)C2)COCN)CCN1C(=O)Nc1ccc(C(F)(F)F)c(Cl)c1. The molecule has 3 atom stereocenters. The highest BCUT2D eigenvalue weighted by atomic mass is 35.5. The highest BCUT2D eigenvalue weighted by Crippen LogP contribution is 2.53. The first-order chi connectivity index (χ1) is 18.9. The van der Waals surface area contributed by atoms with Gasteiger partial charge in [0.05, 0.1) is 36.1 Å². The minimum absolute atomic E-state index is 0.0123. The van der Waals surface area contributed by atoms with Crippen molar-refractivity contribution in [1.82, 2.24) is 14.7 Å². The molecule has 2 heterocycles. The number of nitrogens with one attached hydrogen (secondary N) is 1. The number of carbonyl (C=O) groups is 3. The lowest BCUT2D eigenvalue weighted by atomic mass is 9.90. The Morgan fingerprint density at radius 2 is 1.98 bits per heavy atom. The third kappa shape index (κ3) is 6.64. The Hall–Kier alpha value is -2.61. The van der Waals surface area contributed by atoms with E-state index < -0.39 is 41.0 Å². The van der Waals surface area contributed by atoms with Crippen molar-refractivity contribution < 1.29 is 37.4 Å². The molecule has 0 bridgehead atoms. The van der Waals surface area contributed by atoms with Gasteiger partial charge in [-0.2, -0.15) is 13.2 Å². The van der Waals surface area contributed by atoms with Gasteiger partial charge in [-0.05, 0) is 56.2 Å². The van der Waals surface area contributed by atoms with Crippen LogP contribution in [0.3, 0.4) is 0 Å². The van der Waals surface area contributed by atoms with Crippen LogP contribution in [0.15, 0.2) is 18.2 Å². The van der Waals surface area contributed by atoms with E-state index in [1.165, 1.54) is 4.90 Å². The molecule has 1 saturated carbocycles. The highest BCUT2D eigenvalue weighted by Gasteiger charge is 2.51. The molecule has 1 aromatic carbocycles. The molecule has 3 aliphatic rings. The first-order valence-corrected chi connectivity index (χ1v) is 13.7. The van der Waals surface area contributed by atoms with Gasteiger partial charge < -0.3 is 35.6 Å². The molecule has 1 aliphatic carbocycles. The van der Waals surface area contributed by atoms with Crippen molar-refractivity contribution in [3.8, 4) is 0 Å². The summed E-state index contributed by atoms with van der Waals surface area (Å²) in [6, 6.07) is 0.903. The van der Waals surface area contributed by atoms with Crippen LogP contribution in [0.25, 0.3) is 0 Å². The van der Waals surface area contributed by atoms with Gasteiger partial charge >= 0.3 is 12.2 Å². The number of piperazine rings is 1. The molecule has 10 nitrogen and oxygen atoms in total. The zero-order valence-electron chi connectivity index (χ0n) is 22.3. The van der Waals surface area contributed by atoms with Crippen LogP contribution in [0.5, 0.6) is 0 Å². The van der Waals surface area contributed by atoms with E-state index >= 15 is 0 Å². The normalized spacial score (nSPS) is 23.4. The fourth-order valence-electron chi connectivity index (χ4n) is 5.52. The molecule has 40 heavy (non-hydrogen) atoms. The fraction of sp³-hybridized carbons (Fsp3) is 0.654. The predicted molar refractivity (Wildman–Crippen MR) is 140 cm³/mol. The molecule has 2 saturated heterocycles. The Balaban J connectivity index is 1.34. The predicted octanol–water partition coefficient (Wildman–Crippen LogP) is 2.88. The second-order valence-corrected chi connectivity index (χ2v) is 11.1. The maximum Gasteiger partial charge on any atom is 0.417 e. The van der Waals surface area contributed by atoms with Gasteiger partial charge in [0.1, 0.15) is 6.04 Å². The van der Waals surface area contributed by atoms with Gasteiger partial charge in [-0.15, -0.1) is 0 Å². The quantitative estimate of drug-likeness (QED) is 0.400. The summed E-state index contributed by atoms with van der Waals surface area (Å²) in [5.41, 5.74) is 4.54. The van der Waals surface area contributed by atoms with Gasteiger partial charge in [0, 0.05) is 38.3 Å². The van der Waals surface area contributed by atoms with E-state index in [9.17, 15) is 32.7 Å². The standard InChI is InChI=1S/C26H35ClF3N5O5/c1-16-23(38)35(11-10-34(16)24(39)32-17-2-4-19(20(27)12-17)26(28,29)30)18(14-40-15-31)3-5-22(37)33-9-8-25(6-7-25)21(36)13-33/h2,4,12,16,18,21,36H,3,5-11,13-15,31H2,1H3,(H,32,39)/t16-,18-,21+/m0/s1. The number of likely N-dealkylation sites (tertiary alicyclic amines) is 1. The summed E-state index contributed by atoms with van der Waals surface area (Å²) in [5.74, 6) is -0.449. The second kappa shape index (κ2) is 12.1. The Bertz CT molecular complexity index is 1120. The first kappa shape index (κ1) is 30.4. The van der Waals surface area contributed by atoms with Crippen LogP contribution in [0.2, 0.25) is 5.02 Å². The number of alkyl halides is 3. The molecule has 0 aromatic heterocycles. The van der Waals surface area contributed by atoms with Gasteiger partial charge in [0.2, 0.25) is 11.8 Å². The van der Waals surface area contributed by atoms with Crippen LogP contribution in [0.4, 0.5) is 23.7 Å². The third-order valence-electron chi connectivity index (χ3n) is 8.26. The summed E-state index contributed by atoms with van der Waals surface area (Å²) in [7, 11) is 0. The average molecular weight is 590 g/mol. The van der Waals surface area contributed by atoms with E-state index in [0.717, 1.165) is 37.5 Å². The average Bonchev–Trinajstić information content (AvgIpc) is 3.67. The van der Waals surface area contributed by atoms with Gasteiger partial charge in [0.25, 0.3) is 0 Å². The molecule has 0 radical (unpaired) electrons. The molecule has 0 unspecified atom stereocenters. The van der Waals surface area contributed by atoms with Crippen molar-refractivity contribution in [1.29, 1.82) is 0 Å². The van der Waals surface area contributed by atoms with Crippen molar-refractivity contribution in [2.45, 2.75) is 63.4 Å². The molecular weight excluding hydrogens is 555 g/mol. The number of urea groups is 1. The Morgan fingerprint density at radius 3 is 2.58 bits per heavy atom. The van der Waals surface area contributed by atoms with Crippen LogP contribution in [-0.2, 0) is 20.5 Å². The molecule has 3 fully saturated rings. The van der Waals surface area contributed by atoms with Gasteiger partial charge in [-0.25, -0.2) is 4.79 Å². The van der Waals surface area contributed by atoms with Crippen LogP contribution in [0, 0.1) is 5.41 Å². The number of β-amino-alcohol motifs (C(OH)–C–C–N with tert-alkyl or cyclic N) is 1. The number of amides is 4. The van der Waals surface area contributed by atoms with Crippen molar-refractivity contribution in [3.63, 3.8) is 0 Å². The van der Waals surface area contributed by atoms with Crippen molar-refractivity contribution in [2.75, 3.05) is 44.8 Å². The summed E-state index contributed by atoms with van der Waals surface area (Å²) in [6.45, 7) is 2.85. The highest BCUT2D eigenvalue weighted by molar-refractivity contribution is 6.31. The first-order valence-electron chi connectivity index (χ1n) is 13.3. The summed E-state index contributed by atoms with van der Waals surface area (Å²) in [4.78, 5) is 43.7. The van der Waals surface area contributed by atoms with Gasteiger partial charge in [-0.3, -0.25) is 9.59 Å². The fourth-order valence-corrected chi connectivity index (χ4v) is 5.81. The number of nitrogens with two attached hydrogens (primary N) is 1. The maximum atomic E-state index is 13.3. The minimum Gasteiger partial charge on any atom is -0.391 e. The molecular formula is C26H35ClF3N5O5. The minimum atomic E-state index is -4.62. The van der Waals surface area contributed by atoms with Crippen molar-refractivity contribution in [2.24, 2.45) is 11.1 Å². The number of piperidine rings is 1. The number of anilines is 1. The second-order valence-electron chi connectivity index (χ2n) is 10.7. The van der Waals surface area contributed by atoms with Crippen LogP contribution in [0.1, 0.15) is 44.6 Å². The number of halogens is 4. The van der Waals surface area contributed by atoms with E-state index in [1.807, 2.05) is 0 Å². The number of nitrogens with zero attached hydrogens (tertiary/aromatic N) is 3. The number of rotatable bonds is 8. The zero-order valence-corrected chi connectivity index (χ0v) is 23.0. The van der Waals surface area contributed by atoms with Crippen molar-refractivity contribution in [3.05, 3.63) is 28.8 Å². The summed E-state index contributed by atoms with van der Waals surface area (Å²) in [6.07, 6.45) is -1.87. The lowest BCUT2D eigenvalue weighted by Gasteiger charge is -2.42. The molecule has 4 amide bonds. The Kier molecular flexibility index (Phi) is 9.18. The molecule has 222 valence electrons. The van der Waals surface area contributed by atoms with E-state index in [2.05, 4.69) is 5.32 Å². The number of ether oxygens (including phenoxy) is 1. The number of hydrogen-bond donors (Lipinski definition) is 3. The van der Waals surface area contributed by atoms with E-state index in [1.54, 1.807) is 16.7 Å². The summed E-state index contributed by atoms with van der Waals surface area (Å²) < 4.78 is 44.3. The number of carbonyl (C=O) groups excluding carboxylic acids is 3. The topological polar surface area (TPSA) is 128 Å². The molecule has 1 aromatic rings. The number of aliphatic hydroxyl groups excluding tert-OH is 1. The van der Waals surface area contributed by atoms with Gasteiger partial charge in [-0.1, -0.05) is 11.6 Å². The Labute approximate surface area is 235 Å². The van der Waals surface area contributed by atoms with Crippen LogP contribution >= 0.6 is 11.6 Å². The van der Waals surface area contributed by atoms with E-state index in [4.69, 9.17) is 22.1 Å². The molecule has 14 heteroatoms. The lowest BCUT2D eigenvalue weighted by Crippen LogP contribution is -2.61. The van der Waals surface area contributed by atoms with Gasteiger partial charge in [0.15, 0.2) is 0 Å². The third-order valence-corrected chi connectivity index (χ3v) is 8.57. The summed E-state index contributed by atoms with van der Waals surface area (Å²) in [5, 5.41) is 12.4. The smallest absolute Gasteiger partial charge is 0.391 e. The molecule has 4 N–H and O–H groups in total. The summed E-state index contributed by atoms with van der Waals surface area (Å²) >= 11 is 5.75. The zero-order chi connectivity index (χ0) is 29.2. The van der Waals surface area contributed by atoms with E-state index in [-0.39, 0.29) is 55.8 Å².